The number of benzene rings is 1. The molecule has 0 bridgehead atoms. The number of carbonyl (C=O) groups is 4. The summed E-state index contributed by atoms with van der Waals surface area (Å²) in [7, 11) is 2.87. The molecule has 1 aliphatic heterocycles. The monoisotopic (exact) mass is 734 g/mol. The first-order valence-electron chi connectivity index (χ1n) is 15.9. The van der Waals surface area contributed by atoms with Gasteiger partial charge < -0.3 is 29.7 Å². The Balaban J connectivity index is 1.41. The van der Waals surface area contributed by atoms with Crippen molar-refractivity contribution in [2.45, 2.75) is 51.8 Å². The molecule has 0 unspecified atom stereocenters. The second kappa shape index (κ2) is 15.7. The van der Waals surface area contributed by atoms with Gasteiger partial charge in [0, 0.05) is 41.9 Å². The van der Waals surface area contributed by atoms with Gasteiger partial charge in [-0.05, 0) is 57.5 Å². The second-order valence-electron chi connectivity index (χ2n) is 12.6. The number of pyridine rings is 3. The molecule has 1 atom stereocenters. The van der Waals surface area contributed by atoms with Crippen LogP contribution in [0.4, 0.5) is 10.5 Å². The summed E-state index contributed by atoms with van der Waals surface area (Å²) in [5, 5.41) is 6.04. The minimum absolute atomic E-state index is 0.0134. The highest BCUT2D eigenvalue weighted by Crippen LogP contribution is 2.40. The molecule has 1 fully saturated rings. The minimum Gasteiger partial charge on any atom is -0.494 e. The van der Waals surface area contributed by atoms with Crippen LogP contribution in [-0.4, -0.2) is 76.5 Å². The Morgan fingerprint density at radius 3 is 2.51 bits per heavy atom. The molecular weight excluding hydrogens is 699 g/mol. The lowest BCUT2D eigenvalue weighted by atomic mass is 10.0. The van der Waals surface area contributed by atoms with Crippen LogP contribution in [0.3, 0.4) is 0 Å². The molecule has 266 valence electrons. The van der Waals surface area contributed by atoms with Crippen LogP contribution in [0.1, 0.15) is 60.0 Å². The van der Waals surface area contributed by atoms with Crippen molar-refractivity contribution in [1.82, 2.24) is 25.2 Å². The smallest absolute Gasteiger partial charge is 0.410 e. The summed E-state index contributed by atoms with van der Waals surface area (Å²) in [5.41, 5.74) is 2.08. The molecular formula is C36H36Cl2N6O7. The molecule has 2 N–H and O–H groups in total. The molecule has 1 aliphatic rings. The largest absolute Gasteiger partial charge is 0.494 e. The zero-order valence-electron chi connectivity index (χ0n) is 28.6. The number of anilines is 1. The Morgan fingerprint density at radius 2 is 1.84 bits per heavy atom. The molecule has 1 aromatic carbocycles. The van der Waals surface area contributed by atoms with Crippen molar-refractivity contribution in [3.8, 4) is 34.1 Å². The van der Waals surface area contributed by atoms with Gasteiger partial charge in [0.05, 0.1) is 59.6 Å². The van der Waals surface area contributed by atoms with Crippen LogP contribution in [0.5, 0.6) is 11.6 Å². The van der Waals surface area contributed by atoms with E-state index in [9.17, 15) is 19.2 Å². The van der Waals surface area contributed by atoms with Crippen LogP contribution < -0.4 is 20.1 Å². The van der Waals surface area contributed by atoms with Gasteiger partial charge in [-0.1, -0.05) is 35.3 Å². The van der Waals surface area contributed by atoms with Crippen LogP contribution in [0.2, 0.25) is 10.0 Å². The molecule has 15 heteroatoms. The zero-order chi connectivity index (χ0) is 36.9. The van der Waals surface area contributed by atoms with Crippen molar-refractivity contribution in [1.29, 1.82) is 0 Å². The van der Waals surface area contributed by atoms with E-state index in [1.165, 1.54) is 31.4 Å². The average Bonchev–Trinajstić information content (AvgIpc) is 3.52. The SMILES string of the molecule is COc1cnc(C(=O)Nc2cccc(-c3nccc(-c4ccc(CN(C[C@@H]5CCC(=O)N5)C(=O)OC(C)(C)C)c(OC)n4)c3Cl)c2Cl)cc1C=O. The number of halogens is 2. The van der Waals surface area contributed by atoms with Crippen molar-refractivity contribution < 1.29 is 33.4 Å². The molecule has 3 amide bonds. The van der Waals surface area contributed by atoms with E-state index in [1.807, 2.05) is 0 Å². The molecule has 13 nitrogen and oxygen atoms in total. The molecule has 0 saturated carbocycles. The summed E-state index contributed by atoms with van der Waals surface area (Å²) < 4.78 is 16.4. The quantitative estimate of drug-likeness (QED) is 0.160. The highest BCUT2D eigenvalue weighted by molar-refractivity contribution is 6.39. The van der Waals surface area contributed by atoms with Gasteiger partial charge in [0.1, 0.15) is 17.0 Å². The van der Waals surface area contributed by atoms with Crippen molar-refractivity contribution >= 4 is 53.1 Å². The minimum atomic E-state index is -0.723. The van der Waals surface area contributed by atoms with E-state index in [4.69, 9.17) is 42.4 Å². The Hall–Kier alpha value is -5.27. The first kappa shape index (κ1) is 37.0. The van der Waals surface area contributed by atoms with Gasteiger partial charge in [0.15, 0.2) is 6.29 Å². The van der Waals surface area contributed by atoms with Crippen LogP contribution >= 0.6 is 23.2 Å². The van der Waals surface area contributed by atoms with E-state index in [2.05, 4.69) is 20.6 Å². The standard InChI is InChI=1S/C36H36Cl2N6O7/c1-36(2,3)51-35(48)44(18-22-10-12-29(46)41-22)17-20-9-11-25(43-34(20)50-5)23-13-14-39-32(31(23)38)24-7-6-8-26(30(24)37)42-33(47)27-15-21(19-45)28(49-4)16-40-27/h6-9,11,13-16,19,22H,10,12,17-18H2,1-5H3,(H,41,46)(H,42,47)/t22-/m0/s1. The summed E-state index contributed by atoms with van der Waals surface area (Å²) in [4.78, 5) is 64.3. The van der Waals surface area contributed by atoms with Crippen molar-refractivity contribution in [3.63, 3.8) is 0 Å². The second-order valence-corrected chi connectivity index (χ2v) is 13.4. The third-order valence-corrected chi connectivity index (χ3v) is 8.61. The number of methoxy groups -OCH3 is 2. The van der Waals surface area contributed by atoms with Crippen LogP contribution in [0.25, 0.3) is 22.5 Å². The fourth-order valence-electron chi connectivity index (χ4n) is 5.40. The number of aldehydes is 1. The van der Waals surface area contributed by atoms with Gasteiger partial charge in [-0.25, -0.2) is 14.8 Å². The van der Waals surface area contributed by atoms with Gasteiger partial charge in [0.25, 0.3) is 5.91 Å². The number of aromatic nitrogens is 3. The number of carbonyl (C=O) groups excluding carboxylic acids is 4. The van der Waals surface area contributed by atoms with Crippen LogP contribution in [0, 0.1) is 0 Å². The maximum absolute atomic E-state index is 13.2. The Kier molecular flexibility index (Phi) is 11.4. The number of ether oxygens (including phenoxy) is 3. The molecule has 1 saturated heterocycles. The molecule has 3 aromatic heterocycles. The summed E-state index contributed by atoms with van der Waals surface area (Å²) in [5.74, 6) is -0.151. The first-order valence-corrected chi connectivity index (χ1v) is 16.6. The van der Waals surface area contributed by atoms with Crippen molar-refractivity contribution in [3.05, 3.63) is 81.7 Å². The molecule has 4 heterocycles. The predicted molar refractivity (Wildman–Crippen MR) is 191 cm³/mol. The maximum atomic E-state index is 13.2. The van der Waals surface area contributed by atoms with Crippen LogP contribution in [-0.2, 0) is 16.1 Å². The van der Waals surface area contributed by atoms with E-state index < -0.39 is 17.6 Å². The van der Waals surface area contributed by atoms with E-state index in [0.717, 1.165) is 0 Å². The molecule has 0 spiro atoms. The van der Waals surface area contributed by atoms with Gasteiger partial charge >= 0.3 is 6.09 Å². The first-order chi connectivity index (χ1) is 24.3. The predicted octanol–water partition coefficient (Wildman–Crippen LogP) is 6.61. The summed E-state index contributed by atoms with van der Waals surface area (Å²) in [6.07, 6.45) is 3.89. The topological polar surface area (TPSA) is 162 Å². The average molecular weight is 736 g/mol. The van der Waals surface area contributed by atoms with E-state index in [0.29, 0.717) is 47.2 Å². The third kappa shape index (κ3) is 8.73. The molecule has 0 aliphatic carbocycles. The van der Waals surface area contributed by atoms with Crippen LogP contribution in [0.15, 0.2) is 54.9 Å². The van der Waals surface area contributed by atoms with Crippen molar-refractivity contribution in [2.75, 3.05) is 26.1 Å². The number of nitrogens with one attached hydrogen (secondary N) is 2. The van der Waals surface area contributed by atoms with E-state index in [1.54, 1.807) is 63.4 Å². The fourth-order valence-corrected chi connectivity index (χ4v) is 5.98. The molecule has 4 aromatic rings. The molecule has 51 heavy (non-hydrogen) atoms. The van der Waals surface area contributed by atoms with Gasteiger partial charge in [-0.2, -0.15) is 0 Å². The highest BCUT2D eigenvalue weighted by Gasteiger charge is 2.29. The number of hydrogen-bond donors (Lipinski definition) is 2. The Morgan fingerprint density at radius 1 is 1.06 bits per heavy atom. The Bertz CT molecular complexity index is 1980. The number of hydrogen-bond acceptors (Lipinski definition) is 10. The third-order valence-electron chi connectivity index (χ3n) is 7.82. The lowest BCUT2D eigenvalue weighted by Crippen LogP contribution is -2.43. The van der Waals surface area contributed by atoms with Gasteiger partial charge in [-0.3, -0.25) is 19.4 Å². The number of amides is 3. The number of rotatable bonds is 11. The summed E-state index contributed by atoms with van der Waals surface area (Å²) in [6, 6.07) is 11.4. The number of nitrogens with zero attached hydrogens (tertiary/aromatic N) is 4. The van der Waals surface area contributed by atoms with E-state index in [-0.39, 0.29) is 63.7 Å². The van der Waals surface area contributed by atoms with Gasteiger partial charge in [-0.15, -0.1) is 0 Å². The normalized spacial score (nSPS) is 14.0. The fraction of sp³-hybridized carbons (Fsp3) is 0.306. The molecule has 0 radical (unpaired) electrons. The van der Waals surface area contributed by atoms with Gasteiger partial charge in [0.2, 0.25) is 11.8 Å². The highest BCUT2D eigenvalue weighted by atomic mass is 35.5. The Labute approximate surface area is 304 Å². The maximum Gasteiger partial charge on any atom is 0.410 e. The zero-order valence-corrected chi connectivity index (χ0v) is 30.1. The molecule has 5 rings (SSSR count). The summed E-state index contributed by atoms with van der Waals surface area (Å²) >= 11 is 13.7. The van der Waals surface area contributed by atoms with E-state index >= 15 is 0 Å². The van der Waals surface area contributed by atoms with Crippen molar-refractivity contribution in [2.24, 2.45) is 0 Å². The summed E-state index contributed by atoms with van der Waals surface area (Å²) in [6.45, 7) is 5.73. The lowest BCUT2D eigenvalue weighted by molar-refractivity contribution is -0.119. The lowest BCUT2D eigenvalue weighted by Gasteiger charge is -2.29.